The lowest BCUT2D eigenvalue weighted by Crippen LogP contribution is -2.52. The van der Waals surface area contributed by atoms with E-state index in [4.69, 9.17) is 11.6 Å². The molecule has 3 amide bonds. The molecule has 174 valence electrons. The first-order valence-corrected chi connectivity index (χ1v) is 11.0. The SMILES string of the molecule is C[C@@H]1C=CC[C@@H]2C(=O)N(N(CC(=O)c3ccc(Cl)cc3)C(=O)c3ccc([N+](=O)[O-])cc3)C(=O)[C@@H]12. The van der Waals surface area contributed by atoms with Crippen LogP contribution in [0.2, 0.25) is 5.02 Å². The molecule has 0 bridgehead atoms. The van der Waals surface area contributed by atoms with E-state index in [-0.39, 0.29) is 22.7 Å². The largest absolute Gasteiger partial charge is 0.292 e. The van der Waals surface area contributed by atoms with Gasteiger partial charge in [-0.05, 0) is 48.7 Å². The third kappa shape index (κ3) is 4.22. The number of fused-ring (bicyclic) bond motifs is 1. The number of Topliss-reactive ketones (excluding diaryl/α,β-unsaturated/α-hetero) is 1. The number of nitrogens with zero attached hydrogens (tertiary/aromatic N) is 3. The summed E-state index contributed by atoms with van der Waals surface area (Å²) in [4.78, 5) is 63.3. The van der Waals surface area contributed by atoms with Gasteiger partial charge in [-0.25, -0.2) is 5.01 Å². The van der Waals surface area contributed by atoms with E-state index in [0.29, 0.717) is 11.4 Å². The minimum absolute atomic E-state index is 0.00356. The number of imide groups is 1. The summed E-state index contributed by atoms with van der Waals surface area (Å²) < 4.78 is 0. The van der Waals surface area contributed by atoms with Gasteiger partial charge in [0, 0.05) is 28.3 Å². The van der Waals surface area contributed by atoms with Gasteiger partial charge in [0.2, 0.25) is 0 Å². The van der Waals surface area contributed by atoms with E-state index >= 15 is 0 Å². The molecular weight excluding hydrogens is 462 g/mol. The Morgan fingerprint density at radius 2 is 1.68 bits per heavy atom. The van der Waals surface area contributed by atoms with Crippen LogP contribution in [0.1, 0.15) is 34.1 Å². The Hall–Kier alpha value is -3.85. The normalized spacial score (nSPS) is 21.4. The van der Waals surface area contributed by atoms with Crippen LogP contribution in [0, 0.1) is 27.9 Å². The van der Waals surface area contributed by atoms with Crippen molar-refractivity contribution in [3.63, 3.8) is 0 Å². The molecule has 1 fully saturated rings. The second-order valence-electron chi connectivity index (χ2n) is 8.24. The Kier molecular flexibility index (Phi) is 6.30. The van der Waals surface area contributed by atoms with Gasteiger partial charge in [-0.3, -0.25) is 29.3 Å². The molecule has 0 unspecified atom stereocenters. The number of non-ortho nitro benzene ring substituents is 1. The molecule has 1 aliphatic heterocycles. The van der Waals surface area contributed by atoms with Gasteiger partial charge < -0.3 is 0 Å². The van der Waals surface area contributed by atoms with Gasteiger partial charge in [-0.2, -0.15) is 5.01 Å². The van der Waals surface area contributed by atoms with Gasteiger partial charge in [-0.15, -0.1) is 0 Å². The molecule has 2 aromatic rings. The number of hydrazine groups is 1. The van der Waals surface area contributed by atoms with Crippen molar-refractivity contribution in [3.8, 4) is 0 Å². The molecule has 0 saturated carbocycles. The molecule has 1 saturated heterocycles. The smallest absolute Gasteiger partial charge is 0.273 e. The highest BCUT2D eigenvalue weighted by atomic mass is 35.5. The fourth-order valence-electron chi connectivity index (χ4n) is 4.34. The van der Waals surface area contributed by atoms with Crippen molar-refractivity contribution in [1.82, 2.24) is 10.0 Å². The summed E-state index contributed by atoms with van der Waals surface area (Å²) in [5, 5.41) is 13.0. The van der Waals surface area contributed by atoms with E-state index in [1.54, 1.807) is 0 Å². The molecule has 10 heteroatoms. The first-order chi connectivity index (χ1) is 16.2. The summed E-state index contributed by atoms with van der Waals surface area (Å²) in [6.45, 7) is 1.25. The highest BCUT2D eigenvalue weighted by Gasteiger charge is 2.53. The third-order valence-electron chi connectivity index (χ3n) is 6.11. The number of nitro groups is 1. The first kappa shape index (κ1) is 23.3. The zero-order chi connectivity index (χ0) is 24.6. The maximum atomic E-state index is 13.4. The fourth-order valence-corrected chi connectivity index (χ4v) is 4.47. The van der Waals surface area contributed by atoms with E-state index in [1.807, 2.05) is 19.1 Å². The van der Waals surface area contributed by atoms with Crippen molar-refractivity contribution in [1.29, 1.82) is 0 Å². The molecule has 9 nitrogen and oxygen atoms in total. The molecule has 0 spiro atoms. The van der Waals surface area contributed by atoms with Crippen LogP contribution in [0.5, 0.6) is 0 Å². The first-order valence-electron chi connectivity index (χ1n) is 10.6. The number of carbonyl (C=O) groups is 4. The van der Waals surface area contributed by atoms with E-state index in [9.17, 15) is 29.3 Å². The number of allylic oxidation sites excluding steroid dienone is 2. The minimum Gasteiger partial charge on any atom is -0.292 e. The quantitative estimate of drug-likeness (QED) is 0.204. The monoisotopic (exact) mass is 481 g/mol. The van der Waals surface area contributed by atoms with Crippen LogP contribution in [0.3, 0.4) is 0 Å². The number of hydrogen-bond acceptors (Lipinski definition) is 6. The molecule has 4 rings (SSSR count). The van der Waals surface area contributed by atoms with Crippen LogP contribution in [-0.4, -0.2) is 45.0 Å². The van der Waals surface area contributed by atoms with Gasteiger partial charge in [0.25, 0.3) is 23.4 Å². The number of amides is 3. The topological polar surface area (TPSA) is 118 Å². The molecule has 1 aliphatic carbocycles. The molecule has 0 aromatic heterocycles. The predicted octanol–water partition coefficient (Wildman–Crippen LogP) is 3.69. The predicted molar refractivity (Wildman–Crippen MR) is 122 cm³/mol. The second-order valence-corrected chi connectivity index (χ2v) is 8.68. The van der Waals surface area contributed by atoms with Crippen molar-refractivity contribution in [2.24, 2.45) is 17.8 Å². The highest BCUT2D eigenvalue weighted by molar-refractivity contribution is 6.30. The average Bonchev–Trinajstić information content (AvgIpc) is 3.08. The summed E-state index contributed by atoms with van der Waals surface area (Å²) in [7, 11) is 0. The summed E-state index contributed by atoms with van der Waals surface area (Å²) in [5.74, 6) is -3.85. The number of benzene rings is 2. The maximum Gasteiger partial charge on any atom is 0.273 e. The Balaban J connectivity index is 1.70. The van der Waals surface area contributed by atoms with Crippen LogP contribution in [-0.2, 0) is 9.59 Å². The number of hydrogen-bond donors (Lipinski definition) is 0. The van der Waals surface area contributed by atoms with Gasteiger partial charge >= 0.3 is 0 Å². The van der Waals surface area contributed by atoms with Crippen molar-refractivity contribution < 1.29 is 24.1 Å². The standard InChI is InChI=1S/C24H20ClN3O6/c1-14-3-2-4-19-21(14)24(32)27(23(19)31)26(13-20(29)15-5-9-17(25)10-6-15)22(30)16-7-11-18(12-8-16)28(33)34/h2-3,5-12,14,19,21H,4,13H2,1H3/t14-,19+,21+/m1/s1. The van der Waals surface area contributed by atoms with Crippen LogP contribution in [0.15, 0.2) is 60.7 Å². The number of carbonyl (C=O) groups excluding carboxylic acids is 4. The van der Waals surface area contributed by atoms with Crippen LogP contribution in [0.4, 0.5) is 5.69 Å². The molecule has 34 heavy (non-hydrogen) atoms. The Morgan fingerprint density at radius 3 is 2.26 bits per heavy atom. The van der Waals surface area contributed by atoms with Gasteiger partial charge in [0.15, 0.2) is 5.78 Å². The average molecular weight is 482 g/mol. The molecule has 1 heterocycles. The van der Waals surface area contributed by atoms with Crippen molar-refractivity contribution >= 4 is 40.8 Å². The number of ketones is 1. The maximum absolute atomic E-state index is 13.4. The summed E-state index contributed by atoms with van der Waals surface area (Å²) >= 11 is 5.89. The number of halogens is 1. The van der Waals surface area contributed by atoms with Gasteiger partial charge in [-0.1, -0.05) is 30.7 Å². The van der Waals surface area contributed by atoms with E-state index in [1.165, 1.54) is 36.4 Å². The van der Waals surface area contributed by atoms with Crippen molar-refractivity contribution in [3.05, 3.63) is 86.9 Å². The second kappa shape index (κ2) is 9.18. The molecule has 2 aliphatic rings. The Morgan fingerprint density at radius 1 is 1.06 bits per heavy atom. The summed E-state index contributed by atoms with van der Waals surface area (Å²) in [5.41, 5.74) is 0.0215. The van der Waals surface area contributed by atoms with E-state index in [0.717, 1.165) is 22.2 Å². The lowest BCUT2D eigenvalue weighted by Gasteiger charge is -2.30. The van der Waals surface area contributed by atoms with Gasteiger partial charge in [0.1, 0.15) is 6.54 Å². The van der Waals surface area contributed by atoms with Crippen LogP contribution < -0.4 is 0 Å². The zero-order valence-corrected chi connectivity index (χ0v) is 18.8. The summed E-state index contributed by atoms with van der Waals surface area (Å²) in [6, 6.07) is 10.7. The van der Waals surface area contributed by atoms with Crippen molar-refractivity contribution in [2.75, 3.05) is 6.54 Å². The minimum atomic E-state index is -0.793. The lowest BCUT2D eigenvalue weighted by molar-refractivity contribution is -0.384. The Labute approximate surface area is 199 Å². The highest BCUT2D eigenvalue weighted by Crippen LogP contribution is 2.39. The van der Waals surface area contributed by atoms with E-state index in [2.05, 4.69) is 0 Å². The Bertz CT molecular complexity index is 1210. The van der Waals surface area contributed by atoms with Crippen LogP contribution >= 0.6 is 11.6 Å². The molecule has 2 aromatic carbocycles. The number of rotatable bonds is 6. The molecule has 3 atom stereocenters. The van der Waals surface area contributed by atoms with Crippen LogP contribution in [0.25, 0.3) is 0 Å². The van der Waals surface area contributed by atoms with Gasteiger partial charge in [0.05, 0.1) is 16.8 Å². The molecule has 0 radical (unpaired) electrons. The molecular formula is C24H20ClN3O6. The van der Waals surface area contributed by atoms with Crippen molar-refractivity contribution in [2.45, 2.75) is 13.3 Å². The van der Waals surface area contributed by atoms with E-state index < -0.39 is 46.8 Å². The zero-order valence-electron chi connectivity index (χ0n) is 18.1. The fraction of sp³-hybridized carbons (Fsp3) is 0.250. The lowest BCUT2D eigenvalue weighted by atomic mass is 9.78. The summed E-state index contributed by atoms with van der Waals surface area (Å²) in [6.07, 6.45) is 4.06. The third-order valence-corrected chi connectivity index (χ3v) is 6.36. The molecule has 0 N–H and O–H groups in total. The number of nitro benzene ring substituents is 1.